The summed E-state index contributed by atoms with van der Waals surface area (Å²) in [5, 5.41) is 10.1. The van der Waals surface area contributed by atoms with Crippen molar-refractivity contribution < 1.29 is 4.79 Å². The molecule has 140 valence electrons. The molecule has 3 rings (SSSR count). The molecule has 5 nitrogen and oxygen atoms in total. The highest BCUT2D eigenvalue weighted by atomic mass is 35.5. The fourth-order valence-electron chi connectivity index (χ4n) is 3.58. The number of halogens is 1. The van der Waals surface area contributed by atoms with Crippen LogP contribution in [0.4, 0.5) is 0 Å². The standard InChI is InChI=1S/C19H25ClN4OS/c1-4-24-18(15-5-7-16(20)8-6-15)21-22-19(24)26-12-17(25)23-10-13(2)9-14(3)11-23/h5-8,13-14H,4,9-12H2,1-3H3. The molecule has 1 aliphatic rings. The average Bonchev–Trinajstić information content (AvgIpc) is 3.02. The molecule has 2 heterocycles. The number of carbonyl (C=O) groups is 1. The van der Waals surface area contributed by atoms with E-state index in [0.717, 1.165) is 36.2 Å². The number of nitrogens with zero attached hydrogens (tertiary/aromatic N) is 4. The molecule has 2 unspecified atom stereocenters. The maximum atomic E-state index is 12.6. The van der Waals surface area contributed by atoms with Gasteiger partial charge < -0.3 is 9.47 Å². The topological polar surface area (TPSA) is 51.0 Å². The summed E-state index contributed by atoms with van der Waals surface area (Å²) in [6.45, 7) is 8.97. The van der Waals surface area contributed by atoms with Gasteiger partial charge in [0.1, 0.15) is 0 Å². The van der Waals surface area contributed by atoms with Crippen LogP contribution in [0, 0.1) is 11.8 Å². The Bertz CT molecular complexity index is 751. The Balaban J connectivity index is 1.68. The molecule has 7 heteroatoms. The molecule has 2 atom stereocenters. The second-order valence-corrected chi connectivity index (χ2v) is 8.47. The molecule has 0 spiro atoms. The highest BCUT2D eigenvalue weighted by Gasteiger charge is 2.25. The molecule has 0 N–H and O–H groups in total. The summed E-state index contributed by atoms with van der Waals surface area (Å²) in [6, 6.07) is 7.57. The lowest BCUT2D eigenvalue weighted by atomic mass is 9.92. The number of carbonyl (C=O) groups excluding carboxylic acids is 1. The Hall–Kier alpha value is -1.53. The highest BCUT2D eigenvalue weighted by Crippen LogP contribution is 2.26. The Labute approximate surface area is 164 Å². The molecule has 0 aliphatic carbocycles. The van der Waals surface area contributed by atoms with E-state index in [1.165, 1.54) is 18.2 Å². The molecule has 1 saturated heterocycles. The van der Waals surface area contributed by atoms with Gasteiger partial charge in [-0.3, -0.25) is 4.79 Å². The van der Waals surface area contributed by atoms with Crippen LogP contribution in [0.15, 0.2) is 29.4 Å². The van der Waals surface area contributed by atoms with Crippen LogP contribution in [-0.4, -0.2) is 44.4 Å². The lowest BCUT2D eigenvalue weighted by molar-refractivity contribution is -0.130. The molecule has 1 aliphatic heterocycles. The van der Waals surface area contributed by atoms with E-state index in [1.807, 2.05) is 33.7 Å². The van der Waals surface area contributed by atoms with Gasteiger partial charge in [0.05, 0.1) is 5.75 Å². The molecule has 26 heavy (non-hydrogen) atoms. The number of thioether (sulfide) groups is 1. The summed E-state index contributed by atoms with van der Waals surface area (Å²) in [6.07, 6.45) is 1.20. The molecular weight excluding hydrogens is 368 g/mol. The van der Waals surface area contributed by atoms with Crippen molar-refractivity contribution in [1.29, 1.82) is 0 Å². The van der Waals surface area contributed by atoms with E-state index in [9.17, 15) is 4.79 Å². The maximum absolute atomic E-state index is 12.6. The van der Waals surface area contributed by atoms with Gasteiger partial charge in [-0.25, -0.2) is 0 Å². The number of amides is 1. The predicted octanol–water partition coefficient (Wildman–Crippen LogP) is 4.22. The number of hydrogen-bond donors (Lipinski definition) is 0. The summed E-state index contributed by atoms with van der Waals surface area (Å²) in [4.78, 5) is 14.6. The Morgan fingerprint density at radius 3 is 2.46 bits per heavy atom. The smallest absolute Gasteiger partial charge is 0.233 e. The molecular formula is C19H25ClN4OS. The first-order chi connectivity index (χ1) is 12.5. The molecule has 0 radical (unpaired) electrons. The van der Waals surface area contributed by atoms with Crippen molar-refractivity contribution in [3.63, 3.8) is 0 Å². The second kappa shape index (κ2) is 8.44. The fraction of sp³-hybridized carbons (Fsp3) is 0.526. The molecule has 1 amide bonds. The number of aromatic nitrogens is 3. The van der Waals surface area contributed by atoms with Gasteiger partial charge in [0.2, 0.25) is 5.91 Å². The van der Waals surface area contributed by atoms with Crippen molar-refractivity contribution in [2.75, 3.05) is 18.8 Å². The van der Waals surface area contributed by atoms with Crippen molar-refractivity contribution in [3.8, 4) is 11.4 Å². The van der Waals surface area contributed by atoms with Gasteiger partial charge in [0, 0.05) is 30.2 Å². The van der Waals surface area contributed by atoms with Crippen LogP contribution in [0.1, 0.15) is 27.2 Å². The van der Waals surface area contributed by atoms with Crippen LogP contribution in [0.3, 0.4) is 0 Å². The largest absolute Gasteiger partial charge is 0.341 e. The van der Waals surface area contributed by atoms with E-state index in [0.29, 0.717) is 22.6 Å². The number of benzene rings is 1. The molecule has 2 aromatic rings. The van der Waals surface area contributed by atoms with E-state index < -0.39 is 0 Å². The summed E-state index contributed by atoms with van der Waals surface area (Å²) < 4.78 is 2.04. The zero-order valence-corrected chi connectivity index (χ0v) is 17.1. The Morgan fingerprint density at radius 2 is 1.85 bits per heavy atom. The van der Waals surface area contributed by atoms with Crippen molar-refractivity contribution in [2.45, 2.75) is 38.9 Å². The first-order valence-corrected chi connectivity index (χ1v) is 10.4. The van der Waals surface area contributed by atoms with Crippen LogP contribution >= 0.6 is 23.4 Å². The van der Waals surface area contributed by atoms with Crippen LogP contribution in [-0.2, 0) is 11.3 Å². The second-order valence-electron chi connectivity index (χ2n) is 7.09. The number of likely N-dealkylation sites (tertiary alicyclic amines) is 1. The quantitative estimate of drug-likeness (QED) is 0.715. The van der Waals surface area contributed by atoms with Crippen molar-refractivity contribution in [2.24, 2.45) is 11.8 Å². The van der Waals surface area contributed by atoms with Crippen molar-refractivity contribution in [1.82, 2.24) is 19.7 Å². The van der Waals surface area contributed by atoms with Gasteiger partial charge in [-0.1, -0.05) is 37.2 Å². The third-order valence-electron chi connectivity index (χ3n) is 4.68. The maximum Gasteiger partial charge on any atom is 0.233 e. The molecule has 0 bridgehead atoms. The van der Waals surface area contributed by atoms with Crippen LogP contribution in [0.25, 0.3) is 11.4 Å². The number of hydrogen-bond acceptors (Lipinski definition) is 4. The van der Waals surface area contributed by atoms with Gasteiger partial charge >= 0.3 is 0 Å². The summed E-state index contributed by atoms with van der Waals surface area (Å²) in [5.74, 6) is 2.54. The van der Waals surface area contributed by atoms with Gasteiger partial charge in [-0.15, -0.1) is 10.2 Å². The van der Waals surface area contributed by atoms with E-state index in [-0.39, 0.29) is 5.91 Å². The van der Waals surface area contributed by atoms with Crippen molar-refractivity contribution in [3.05, 3.63) is 29.3 Å². The van der Waals surface area contributed by atoms with Gasteiger partial charge in [-0.05, 0) is 49.4 Å². The molecule has 1 fully saturated rings. The Morgan fingerprint density at radius 1 is 1.19 bits per heavy atom. The predicted molar refractivity (Wildman–Crippen MR) is 106 cm³/mol. The van der Waals surface area contributed by atoms with E-state index >= 15 is 0 Å². The van der Waals surface area contributed by atoms with E-state index in [1.54, 1.807) is 0 Å². The fourth-order valence-corrected chi connectivity index (χ4v) is 4.61. The van der Waals surface area contributed by atoms with Gasteiger partial charge in [0.15, 0.2) is 11.0 Å². The SMILES string of the molecule is CCn1c(SCC(=O)N2CC(C)CC(C)C2)nnc1-c1ccc(Cl)cc1. The minimum absolute atomic E-state index is 0.187. The average molecular weight is 393 g/mol. The van der Waals surface area contributed by atoms with E-state index in [4.69, 9.17) is 11.6 Å². The first kappa shape index (κ1) is 19.2. The lowest BCUT2D eigenvalue weighted by Crippen LogP contribution is -2.43. The van der Waals surface area contributed by atoms with Crippen LogP contribution < -0.4 is 0 Å². The van der Waals surface area contributed by atoms with Crippen molar-refractivity contribution >= 4 is 29.3 Å². The zero-order chi connectivity index (χ0) is 18.7. The summed E-state index contributed by atoms with van der Waals surface area (Å²) in [7, 11) is 0. The molecule has 1 aromatic carbocycles. The third-order valence-corrected chi connectivity index (χ3v) is 5.89. The minimum atomic E-state index is 0.187. The number of piperidine rings is 1. The normalized spacial score (nSPS) is 20.4. The summed E-state index contributed by atoms with van der Waals surface area (Å²) in [5.41, 5.74) is 0.973. The lowest BCUT2D eigenvalue weighted by Gasteiger charge is -2.34. The van der Waals surface area contributed by atoms with Gasteiger partial charge in [-0.2, -0.15) is 0 Å². The number of rotatable bonds is 5. The van der Waals surface area contributed by atoms with Crippen LogP contribution in [0.2, 0.25) is 5.02 Å². The Kier molecular flexibility index (Phi) is 6.24. The minimum Gasteiger partial charge on any atom is -0.341 e. The third kappa shape index (κ3) is 4.41. The monoisotopic (exact) mass is 392 g/mol. The molecule has 0 saturated carbocycles. The highest BCUT2D eigenvalue weighted by molar-refractivity contribution is 7.99. The molecule has 1 aromatic heterocycles. The first-order valence-electron chi connectivity index (χ1n) is 9.07. The van der Waals surface area contributed by atoms with E-state index in [2.05, 4.69) is 31.0 Å². The zero-order valence-electron chi connectivity index (χ0n) is 15.5. The van der Waals surface area contributed by atoms with Gasteiger partial charge in [0.25, 0.3) is 0 Å². The summed E-state index contributed by atoms with van der Waals surface area (Å²) >= 11 is 7.43. The van der Waals surface area contributed by atoms with Crippen LogP contribution in [0.5, 0.6) is 0 Å².